The van der Waals surface area contributed by atoms with Gasteiger partial charge in [-0.05, 0) is 41.0 Å². The molecule has 0 saturated carbocycles. The highest BCUT2D eigenvalue weighted by Gasteiger charge is 2.07. The molecular formula is C19H16FNO. The molecule has 3 heteroatoms. The van der Waals surface area contributed by atoms with Crippen molar-refractivity contribution in [2.24, 2.45) is 0 Å². The molecule has 3 rings (SSSR count). The lowest BCUT2D eigenvalue weighted by atomic mass is 10.0. The van der Waals surface area contributed by atoms with Crippen LogP contribution in [0, 0.1) is 12.7 Å². The monoisotopic (exact) mass is 293 g/mol. The van der Waals surface area contributed by atoms with Crippen molar-refractivity contribution in [1.82, 2.24) is 0 Å². The minimum absolute atomic E-state index is 0.149. The Morgan fingerprint density at radius 1 is 1.00 bits per heavy atom. The summed E-state index contributed by atoms with van der Waals surface area (Å²) in [4.78, 5) is 12.1. The first kappa shape index (κ1) is 14.3. The molecule has 0 aliphatic rings. The Hall–Kier alpha value is -2.68. The summed E-state index contributed by atoms with van der Waals surface area (Å²) < 4.78 is 13.2. The highest BCUT2D eigenvalue weighted by Crippen LogP contribution is 2.18. The standard InChI is InChI=1S/C19H16FNO/c1-13-6-9-17(20)12-18(13)21-19(22)11-14-7-8-15-4-2-3-5-16(15)10-14/h2-10,12H,11H2,1H3,(H,21,22). The van der Waals surface area contributed by atoms with E-state index in [1.54, 1.807) is 6.07 Å². The lowest BCUT2D eigenvalue weighted by molar-refractivity contribution is -0.115. The van der Waals surface area contributed by atoms with Crippen molar-refractivity contribution in [3.63, 3.8) is 0 Å². The first-order chi connectivity index (χ1) is 10.6. The summed E-state index contributed by atoms with van der Waals surface area (Å²) >= 11 is 0. The Morgan fingerprint density at radius 3 is 2.59 bits per heavy atom. The van der Waals surface area contributed by atoms with E-state index in [1.807, 2.05) is 49.4 Å². The second kappa shape index (κ2) is 5.98. The maximum Gasteiger partial charge on any atom is 0.228 e. The summed E-state index contributed by atoms with van der Waals surface area (Å²) in [5.41, 5.74) is 2.30. The molecule has 0 aliphatic heterocycles. The van der Waals surface area contributed by atoms with Crippen LogP contribution in [0.4, 0.5) is 10.1 Å². The first-order valence-corrected chi connectivity index (χ1v) is 7.15. The molecule has 0 aromatic heterocycles. The zero-order chi connectivity index (χ0) is 15.5. The van der Waals surface area contributed by atoms with E-state index < -0.39 is 0 Å². The predicted octanol–water partition coefficient (Wildman–Crippen LogP) is 4.47. The molecule has 0 aliphatic carbocycles. The molecular weight excluding hydrogens is 277 g/mol. The number of hydrogen-bond acceptors (Lipinski definition) is 1. The normalized spacial score (nSPS) is 10.6. The minimum atomic E-state index is -0.355. The molecule has 110 valence electrons. The number of fused-ring (bicyclic) bond motifs is 1. The molecule has 0 heterocycles. The van der Waals surface area contributed by atoms with Crippen LogP contribution < -0.4 is 5.32 Å². The third-order valence-corrected chi connectivity index (χ3v) is 3.65. The van der Waals surface area contributed by atoms with E-state index in [0.717, 1.165) is 21.9 Å². The molecule has 22 heavy (non-hydrogen) atoms. The van der Waals surface area contributed by atoms with Gasteiger partial charge in [-0.25, -0.2) is 4.39 Å². The van der Waals surface area contributed by atoms with Crippen LogP contribution in [0.5, 0.6) is 0 Å². The fourth-order valence-electron chi connectivity index (χ4n) is 2.46. The number of benzene rings is 3. The second-order valence-corrected chi connectivity index (χ2v) is 5.37. The molecule has 2 nitrogen and oxygen atoms in total. The predicted molar refractivity (Wildman–Crippen MR) is 87.4 cm³/mol. The number of halogens is 1. The van der Waals surface area contributed by atoms with Crippen molar-refractivity contribution in [2.75, 3.05) is 5.32 Å². The third-order valence-electron chi connectivity index (χ3n) is 3.65. The molecule has 0 spiro atoms. The first-order valence-electron chi connectivity index (χ1n) is 7.15. The van der Waals surface area contributed by atoms with Crippen molar-refractivity contribution < 1.29 is 9.18 Å². The number of nitrogens with one attached hydrogen (secondary N) is 1. The van der Waals surface area contributed by atoms with E-state index in [0.29, 0.717) is 5.69 Å². The smallest absolute Gasteiger partial charge is 0.228 e. The van der Waals surface area contributed by atoms with Crippen molar-refractivity contribution >= 4 is 22.4 Å². The molecule has 0 unspecified atom stereocenters. The van der Waals surface area contributed by atoms with Gasteiger partial charge in [0.1, 0.15) is 5.82 Å². The molecule has 0 saturated heterocycles. The number of hydrogen-bond donors (Lipinski definition) is 1. The van der Waals surface area contributed by atoms with E-state index in [1.165, 1.54) is 12.1 Å². The summed E-state index contributed by atoms with van der Waals surface area (Å²) in [6.45, 7) is 1.84. The Labute approximate surface area is 128 Å². The number of rotatable bonds is 3. The van der Waals surface area contributed by atoms with Gasteiger partial charge in [0.15, 0.2) is 0 Å². The molecule has 3 aromatic rings. The quantitative estimate of drug-likeness (QED) is 0.758. The maximum absolute atomic E-state index is 13.2. The Balaban J connectivity index is 1.76. The molecule has 0 radical (unpaired) electrons. The largest absolute Gasteiger partial charge is 0.325 e. The van der Waals surface area contributed by atoms with E-state index in [2.05, 4.69) is 5.32 Å². The van der Waals surface area contributed by atoms with Gasteiger partial charge in [-0.2, -0.15) is 0 Å². The fraction of sp³-hybridized carbons (Fsp3) is 0.105. The van der Waals surface area contributed by atoms with E-state index >= 15 is 0 Å². The van der Waals surface area contributed by atoms with Gasteiger partial charge in [0.25, 0.3) is 0 Å². The SMILES string of the molecule is Cc1ccc(F)cc1NC(=O)Cc1ccc2ccccc2c1. The minimum Gasteiger partial charge on any atom is -0.325 e. The topological polar surface area (TPSA) is 29.1 Å². The average molecular weight is 293 g/mol. The summed E-state index contributed by atoms with van der Waals surface area (Å²) in [7, 11) is 0. The van der Waals surface area contributed by atoms with Crippen LogP contribution in [0.15, 0.2) is 60.7 Å². The van der Waals surface area contributed by atoms with Gasteiger partial charge in [0.2, 0.25) is 5.91 Å². The Bertz CT molecular complexity index is 842. The van der Waals surface area contributed by atoms with Gasteiger partial charge < -0.3 is 5.32 Å². The summed E-state index contributed by atoms with van der Waals surface area (Å²) in [5.74, 6) is -0.504. The number of anilines is 1. The second-order valence-electron chi connectivity index (χ2n) is 5.37. The van der Waals surface area contributed by atoms with Crippen molar-refractivity contribution in [3.05, 3.63) is 77.6 Å². The van der Waals surface area contributed by atoms with Gasteiger partial charge in [-0.1, -0.05) is 48.5 Å². The van der Waals surface area contributed by atoms with Crippen LogP contribution >= 0.6 is 0 Å². The van der Waals surface area contributed by atoms with Crippen LogP contribution in [-0.2, 0) is 11.2 Å². The van der Waals surface area contributed by atoms with E-state index in [-0.39, 0.29) is 18.1 Å². The number of amides is 1. The van der Waals surface area contributed by atoms with Gasteiger partial charge in [-0.15, -0.1) is 0 Å². The van der Waals surface area contributed by atoms with E-state index in [9.17, 15) is 9.18 Å². The molecule has 1 N–H and O–H groups in total. The zero-order valence-corrected chi connectivity index (χ0v) is 12.3. The number of carbonyl (C=O) groups excluding carboxylic acids is 1. The average Bonchev–Trinajstić information content (AvgIpc) is 2.51. The molecule has 1 amide bonds. The van der Waals surface area contributed by atoms with Crippen LogP contribution in [0.1, 0.15) is 11.1 Å². The molecule has 0 atom stereocenters. The maximum atomic E-state index is 13.2. The van der Waals surface area contributed by atoms with Crippen molar-refractivity contribution in [2.45, 2.75) is 13.3 Å². The van der Waals surface area contributed by atoms with E-state index in [4.69, 9.17) is 0 Å². The highest BCUT2D eigenvalue weighted by atomic mass is 19.1. The van der Waals surface area contributed by atoms with Crippen LogP contribution in [0.3, 0.4) is 0 Å². The van der Waals surface area contributed by atoms with Crippen LogP contribution in [0.25, 0.3) is 10.8 Å². The lowest BCUT2D eigenvalue weighted by Gasteiger charge is -2.09. The van der Waals surface area contributed by atoms with Gasteiger partial charge in [0.05, 0.1) is 6.42 Å². The summed E-state index contributed by atoms with van der Waals surface area (Å²) in [5, 5.41) is 5.02. The lowest BCUT2D eigenvalue weighted by Crippen LogP contribution is -2.15. The van der Waals surface area contributed by atoms with Crippen molar-refractivity contribution in [3.8, 4) is 0 Å². The molecule has 0 bridgehead atoms. The van der Waals surface area contributed by atoms with Crippen molar-refractivity contribution in [1.29, 1.82) is 0 Å². The van der Waals surface area contributed by atoms with Crippen LogP contribution in [0.2, 0.25) is 0 Å². The van der Waals surface area contributed by atoms with Gasteiger partial charge in [-0.3, -0.25) is 4.79 Å². The molecule has 3 aromatic carbocycles. The van der Waals surface area contributed by atoms with Crippen LogP contribution in [-0.4, -0.2) is 5.91 Å². The summed E-state index contributed by atoms with van der Waals surface area (Å²) in [6.07, 6.45) is 0.265. The van der Waals surface area contributed by atoms with Gasteiger partial charge in [0, 0.05) is 5.69 Å². The molecule has 0 fully saturated rings. The Morgan fingerprint density at radius 2 is 1.77 bits per heavy atom. The fourth-order valence-corrected chi connectivity index (χ4v) is 2.46. The third kappa shape index (κ3) is 3.14. The summed E-state index contributed by atoms with van der Waals surface area (Å²) in [6, 6.07) is 18.4. The Kier molecular flexibility index (Phi) is 3.88. The number of aryl methyl sites for hydroxylation is 1. The highest BCUT2D eigenvalue weighted by molar-refractivity contribution is 5.94. The van der Waals surface area contributed by atoms with Gasteiger partial charge >= 0.3 is 0 Å². The zero-order valence-electron chi connectivity index (χ0n) is 12.3. The number of carbonyl (C=O) groups is 1.